The van der Waals surface area contributed by atoms with Crippen LogP contribution in [-0.4, -0.2) is 37.6 Å². The van der Waals surface area contributed by atoms with E-state index in [9.17, 15) is 4.79 Å². The molecule has 1 aliphatic rings. The van der Waals surface area contributed by atoms with Gasteiger partial charge in [-0.25, -0.2) is 0 Å². The van der Waals surface area contributed by atoms with Gasteiger partial charge in [0.15, 0.2) is 5.75 Å². The Labute approximate surface area is 107 Å². The summed E-state index contributed by atoms with van der Waals surface area (Å²) in [5.74, 6) is 1.27. The number of furan rings is 1. The number of hydrogen-bond acceptors (Lipinski definition) is 4. The minimum atomic E-state index is -0.257. The number of amides is 1. The number of nitrogens with one attached hydrogen (secondary N) is 1. The van der Waals surface area contributed by atoms with Crippen LogP contribution in [0.15, 0.2) is 10.5 Å². The van der Waals surface area contributed by atoms with Crippen LogP contribution < -0.4 is 10.1 Å². The number of methoxy groups -OCH3 is 1. The highest BCUT2D eigenvalue weighted by molar-refractivity contribution is 5.94. The molecule has 1 aliphatic heterocycles. The van der Waals surface area contributed by atoms with Crippen molar-refractivity contribution in [2.75, 3.05) is 20.7 Å². The molecule has 0 saturated carbocycles. The Morgan fingerprint density at radius 3 is 3.00 bits per heavy atom. The number of nitrogens with zero attached hydrogens (tertiary/aromatic N) is 1. The van der Waals surface area contributed by atoms with Gasteiger partial charge in [-0.2, -0.15) is 0 Å². The van der Waals surface area contributed by atoms with Gasteiger partial charge in [-0.1, -0.05) is 0 Å². The fourth-order valence-corrected chi connectivity index (χ4v) is 2.35. The summed E-state index contributed by atoms with van der Waals surface area (Å²) in [4.78, 5) is 14.0. The highest BCUT2D eigenvalue weighted by atomic mass is 16.5. The van der Waals surface area contributed by atoms with Crippen LogP contribution >= 0.6 is 0 Å². The number of ether oxygens (including phenoxy) is 1. The van der Waals surface area contributed by atoms with Gasteiger partial charge in [0.2, 0.25) is 5.76 Å². The van der Waals surface area contributed by atoms with E-state index in [1.54, 1.807) is 20.2 Å². The third-order valence-electron chi connectivity index (χ3n) is 3.45. The molecule has 1 N–H and O–H groups in total. The summed E-state index contributed by atoms with van der Waals surface area (Å²) in [7, 11) is 3.12. The van der Waals surface area contributed by atoms with Crippen molar-refractivity contribution < 1.29 is 13.9 Å². The van der Waals surface area contributed by atoms with Crippen LogP contribution in [0.4, 0.5) is 0 Å². The Bertz CT molecular complexity index is 428. The molecule has 1 atom stereocenters. The summed E-state index contributed by atoms with van der Waals surface area (Å²) < 4.78 is 10.8. The van der Waals surface area contributed by atoms with Gasteiger partial charge in [-0.05, 0) is 26.3 Å². The molecule has 1 saturated heterocycles. The molecule has 5 nitrogen and oxygen atoms in total. The second-order valence-corrected chi connectivity index (χ2v) is 4.65. The predicted octanol–water partition coefficient (Wildman–Crippen LogP) is 1.63. The van der Waals surface area contributed by atoms with Gasteiger partial charge in [0, 0.05) is 19.2 Å². The molecule has 1 unspecified atom stereocenters. The highest BCUT2D eigenvalue weighted by Gasteiger charge is 2.24. The van der Waals surface area contributed by atoms with Crippen LogP contribution in [-0.2, 0) is 6.54 Å². The second-order valence-electron chi connectivity index (χ2n) is 4.65. The van der Waals surface area contributed by atoms with Crippen molar-refractivity contribution in [1.82, 2.24) is 10.2 Å². The Balaban J connectivity index is 2.14. The Kier molecular flexibility index (Phi) is 3.91. The van der Waals surface area contributed by atoms with E-state index in [0.29, 0.717) is 11.8 Å². The van der Waals surface area contributed by atoms with Crippen LogP contribution in [0.25, 0.3) is 0 Å². The predicted molar refractivity (Wildman–Crippen MR) is 67.8 cm³/mol. The summed E-state index contributed by atoms with van der Waals surface area (Å²) in [5.41, 5.74) is 0. The summed E-state index contributed by atoms with van der Waals surface area (Å²) >= 11 is 0. The normalized spacial score (nSPS) is 20.1. The van der Waals surface area contributed by atoms with E-state index in [1.807, 2.05) is 0 Å². The fourth-order valence-electron chi connectivity index (χ4n) is 2.35. The van der Waals surface area contributed by atoms with Crippen molar-refractivity contribution in [2.45, 2.75) is 32.4 Å². The van der Waals surface area contributed by atoms with Gasteiger partial charge < -0.3 is 14.5 Å². The molecular formula is C13H20N2O3. The number of hydrogen-bond donors (Lipinski definition) is 1. The lowest BCUT2D eigenvalue weighted by Gasteiger charge is -2.18. The van der Waals surface area contributed by atoms with Crippen LogP contribution in [0.5, 0.6) is 5.75 Å². The molecule has 5 heteroatoms. The molecule has 0 aliphatic carbocycles. The average molecular weight is 252 g/mol. The highest BCUT2D eigenvalue weighted by Crippen LogP contribution is 2.26. The quantitative estimate of drug-likeness (QED) is 0.885. The summed E-state index contributed by atoms with van der Waals surface area (Å²) in [6.07, 6.45) is 2.45. The lowest BCUT2D eigenvalue weighted by molar-refractivity contribution is 0.0927. The standard InChI is InChI=1S/C13H20N2O3/c1-9-5-4-6-15(9)8-10-7-11(17-3)12(18-10)13(16)14-2/h7,9H,4-6,8H2,1-3H3,(H,14,16). The first-order valence-corrected chi connectivity index (χ1v) is 6.28. The first-order chi connectivity index (χ1) is 8.65. The van der Waals surface area contributed by atoms with E-state index in [4.69, 9.17) is 9.15 Å². The average Bonchev–Trinajstić information content (AvgIpc) is 2.96. The molecule has 2 rings (SSSR count). The van der Waals surface area contributed by atoms with Gasteiger partial charge in [-0.3, -0.25) is 9.69 Å². The summed E-state index contributed by atoms with van der Waals surface area (Å²) in [6, 6.07) is 2.37. The van der Waals surface area contributed by atoms with E-state index in [2.05, 4.69) is 17.1 Å². The number of likely N-dealkylation sites (tertiary alicyclic amines) is 1. The minimum absolute atomic E-state index is 0.252. The maximum atomic E-state index is 11.6. The lowest BCUT2D eigenvalue weighted by Crippen LogP contribution is -2.25. The molecule has 1 fully saturated rings. The van der Waals surface area contributed by atoms with Crippen LogP contribution in [0, 0.1) is 0 Å². The van der Waals surface area contributed by atoms with E-state index in [-0.39, 0.29) is 11.7 Å². The third kappa shape index (κ3) is 2.51. The largest absolute Gasteiger partial charge is 0.492 e. The Hall–Kier alpha value is -1.49. The number of carbonyl (C=O) groups is 1. The maximum absolute atomic E-state index is 11.6. The molecule has 1 amide bonds. The molecule has 0 spiro atoms. The Morgan fingerprint density at radius 1 is 1.67 bits per heavy atom. The van der Waals surface area contributed by atoms with Crippen molar-refractivity contribution in [1.29, 1.82) is 0 Å². The zero-order chi connectivity index (χ0) is 13.1. The zero-order valence-corrected chi connectivity index (χ0v) is 11.2. The van der Waals surface area contributed by atoms with E-state index in [1.165, 1.54) is 12.8 Å². The minimum Gasteiger partial charge on any atom is -0.492 e. The number of rotatable bonds is 4. The van der Waals surface area contributed by atoms with Crippen LogP contribution in [0.1, 0.15) is 36.1 Å². The van der Waals surface area contributed by atoms with Crippen molar-refractivity contribution in [3.05, 3.63) is 17.6 Å². The van der Waals surface area contributed by atoms with Gasteiger partial charge in [0.05, 0.1) is 13.7 Å². The molecule has 1 aromatic rings. The van der Waals surface area contributed by atoms with Crippen molar-refractivity contribution in [2.24, 2.45) is 0 Å². The summed E-state index contributed by atoms with van der Waals surface area (Å²) in [5, 5.41) is 2.55. The molecule has 0 bridgehead atoms. The molecule has 1 aromatic heterocycles. The first-order valence-electron chi connectivity index (χ1n) is 6.28. The van der Waals surface area contributed by atoms with E-state index in [0.717, 1.165) is 18.8 Å². The van der Waals surface area contributed by atoms with Gasteiger partial charge in [0.25, 0.3) is 5.91 Å². The molecule has 2 heterocycles. The first kappa shape index (κ1) is 13.0. The van der Waals surface area contributed by atoms with E-state index >= 15 is 0 Å². The smallest absolute Gasteiger partial charge is 0.290 e. The molecule has 0 aromatic carbocycles. The Morgan fingerprint density at radius 2 is 2.44 bits per heavy atom. The van der Waals surface area contributed by atoms with E-state index < -0.39 is 0 Å². The summed E-state index contributed by atoms with van der Waals surface area (Å²) in [6.45, 7) is 4.03. The number of carbonyl (C=O) groups excluding carboxylic acids is 1. The third-order valence-corrected chi connectivity index (χ3v) is 3.45. The van der Waals surface area contributed by atoms with Gasteiger partial charge >= 0.3 is 0 Å². The van der Waals surface area contributed by atoms with Gasteiger partial charge in [0.1, 0.15) is 5.76 Å². The molecule has 100 valence electrons. The van der Waals surface area contributed by atoms with Crippen molar-refractivity contribution in [3.63, 3.8) is 0 Å². The SMILES string of the molecule is CNC(=O)c1oc(CN2CCCC2C)cc1OC. The zero-order valence-electron chi connectivity index (χ0n) is 11.2. The van der Waals surface area contributed by atoms with Crippen LogP contribution in [0.3, 0.4) is 0 Å². The topological polar surface area (TPSA) is 54.7 Å². The molecular weight excluding hydrogens is 232 g/mol. The molecule has 0 radical (unpaired) electrons. The monoisotopic (exact) mass is 252 g/mol. The molecule has 18 heavy (non-hydrogen) atoms. The van der Waals surface area contributed by atoms with Crippen LogP contribution in [0.2, 0.25) is 0 Å². The fraction of sp³-hybridized carbons (Fsp3) is 0.615. The van der Waals surface area contributed by atoms with Crippen molar-refractivity contribution >= 4 is 5.91 Å². The lowest BCUT2D eigenvalue weighted by atomic mass is 10.2. The second kappa shape index (κ2) is 5.44. The maximum Gasteiger partial charge on any atom is 0.290 e. The van der Waals surface area contributed by atoms with Crippen molar-refractivity contribution in [3.8, 4) is 5.75 Å². The van der Waals surface area contributed by atoms with Gasteiger partial charge in [-0.15, -0.1) is 0 Å².